The number of carbonyl (C=O) groups excluding carboxylic acids is 2. The number of fused-ring (bicyclic) bond motifs is 1. The number of benzene rings is 1. The lowest BCUT2D eigenvalue weighted by atomic mass is 10.1. The van der Waals surface area contributed by atoms with Gasteiger partial charge in [0.25, 0.3) is 0 Å². The highest BCUT2D eigenvalue weighted by molar-refractivity contribution is 6.35. The van der Waals surface area contributed by atoms with Crippen molar-refractivity contribution in [1.29, 1.82) is 0 Å². The van der Waals surface area contributed by atoms with Gasteiger partial charge in [-0.3, -0.25) is 19.5 Å². The van der Waals surface area contributed by atoms with Crippen LogP contribution in [-0.4, -0.2) is 34.8 Å². The van der Waals surface area contributed by atoms with Gasteiger partial charge in [-0.25, -0.2) is 0 Å². The van der Waals surface area contributed by atoms with Gasteiger partial charge in [-0.1, -0.05) is 17.7 Å². The van der Waals surface area contributed by atoms with Gasteiger partial charge in [-0.05, 0) is 23.8 Å². The number of nitrogens with zero attached hydrogens (tertiary/aromatic N) is 2. The largest absolute Gasteiger partial charge is 0.301 e. The van der Waals surface area contributed by atoms with E-state index in [1.165, 1.54) is 7.05 Å². The Hall–Kier alpha value is -1.98. The number of likely N-dealkylation sites (tertiary alicyclic amines) is 1. The van der Waals surface area contributed by atoms with Crippen molar-refractivity contribution in [3.8, 4) is 0 Å². The highest BCUT2D eigenvalue weighted by atomic mass is 35.5. The van der Waals surface area contributed by atoms with Crippen LogP contribution in [0.2, 0.25) is 5.02 Å². The molecule has 1 atom stereocenters. The van der Waals surface area contributed by atoms with Crippen LogP contribution in [0.15, 0.2) is 30.5 Å². The molecule has 1 N–H and O–H groups in total. The maximum absolute atomic E-state index is 11.9. The average molecular weight is 304 g/mol. The molecule has 0 saturated carbocycles. The standard InChI is InChI=1S/C15H14ClN3O2/c1-19-13(20)7-12(15(19)21)18-8-9-4-5-11(16)10-3-2-6-17-14(9)10/h2-6,12,18H,7-8H2,1H3. The van der Waals surface area contributed by atoms with Crippen molar-refractivity contribution in [1.82, 2.24) is 15.2 Å². The van der Waals surface area contributed by atoms with E-state index < -0.39 is 6.04 Å². The summed E-state index contributed by atoms with van der Waals surface area (Å²) in [5, 5.41) is 4.65. The summed E-state index contributed by atoms with van der Waals surface area (Å²) in [5.74, 6) is -0.345. The zero-order chi connectivity index (χ0) is 15.0. The summed E-state index contributed by atoms with van der Waals surface area (Å²) in [4.78, 5) is 28.9. The molecule has 0 bridgehead atoms. The van der Waals surface area contributed by atoms with Gasteiger partial charge in [0.05, 0.1) is 18.0 Å². The Kier molecular flexibility index (Phi) is 3.61. The zero-order valence-electron chi connectivity index (χ0n) is 11.5. The topological polar surface area (TPSA) is 62.3 Å². The molecule has 3 rings (SSSR count). The zero-order valence-corrected chi connectivity index (χ0v) is 12.2. The highest BCUT2D eigenvalue weighted by Crippen LogP contribution is 2.25. The second-order valence-corrected chi connectivity index (χ2v) is 5.44. The van der Waals surface area contributed by atoms with Crippen LogP contribution in [0.1, 0.15) is 12.0 Å². The SMILES string of the molecule is CN1C(=O)CC(NCc2ccc(Cl)c3cccnc23)C1=O. The van der Waals surface area contributed by atoms with Crippen LogP contribution in [-0.2, 0) is 16.1 Å². The van der Waals surface area contributed by atoms with Crippen LogP contribution in [0.3, 0.4) is 0 Å². The molecule has 0 aliphatic carbocycles. The third kappa shape index (κ3) is 2.50. The number of halogens is 1. The lowest BCUT2D eigenvalue weighted by Crippen LogP contribution is -2.36. The fraction of sp³-hybridized carbons (Fsp3) is 0.267. The lowest BCUT2D eigenvalue weighted by molar-refractivity contribution is -0.137. The van der Waals surface area contributed by atoms with Gasteiger partial charge in [0.2, 0.25) is 11.8 Å². The Balaban J connectivity index is 1.82. The number of carbonyl (C=O) groups is 2. The third-order valence-electron chi connectivity index (χ3n) is 3.72. The normalized spacial score (nSPS) is 18.8. The first-order chi connectivity index (χ1) is 10.1. The minimum Gasteiger partial charge on any atom is -0.301 e. The summed E-state index contributed by atoms with van der Waals surface area (Å²) in [7, 11) is 1.51. The maximum atomic E-state index is 11.9. The molecule has 21 heavy (non-hydrogen) atoms. The number of aromatic nitrogens is 1. The molecule has 1 unspecified atom stereocenters. The third-order valence-corrected chi connectivity index (χ3v) is 4.05. The second kappa shape index (κ2) is 5.42. The molecule has 5 nitrogen and oxygen atoms in total. The van der Waals surface area contributed by atoms with Gasteiger partial charge in [0.1, 0.15) is 0 Å². The van der Waals surface area contributed by atoms with E-state index >= 15 is 0 Å². The number of imide groups is 1. The number of nitrogens with one attached hydrogen (secondary N) is 1. The highest BCUT2D eigenvalue weighted by Gasteiger charge is 2.35. The van der Waals surface area contributed by atoms with Gasteiger partial charge in [0, 0.05) is 30.2 Å². The molecule has 108 valence electrons. The van der Waals surface area contributed by atoms with Crippen LogP contribution in [0, 0.1) is 0 Å². The molecule has 0 spiro atoms. The number of hydrogen-bond acceptors (Lipinski definition) is 4. The average Bonchev–Trinajstić information content (AvgIpc) is 2.74. The molecule has 6 heteroatoms. The van der Waals surface area contributed by atoms with Gasteiger partial charge >= 0.3 is 0 Å². The van der Waals surface area contributed by atoms with Crippen molar-refractivity contribution in [2.24, 2.45) is 0 Å². The Labute approximate surface area is 126 Å². The molecule has 2 aromatic rings. The molecule has 1 aliphatic rings. The number of amides is 2. The van der Waals surface area contributed by atoms with Crippen LogP contribution in [0.25, 0.3) is 10.9 Å². The number of likely N-dealkylation sites (N-methyl/N-ethyl adjacent to an activating group) is 1. The predicted molar refractivity (Wildman–Crippen MR) is 79.8 cm³/mol. The number of hydrogen-bond donors (Lipinski definition) is 1. The van der Waals surface area contributed by atoms with Gasteiger partial charge in [0.15, 0.2) is 0 Å². The van der Waals surface area contributed by atoms with E-state index in [2.05, 4.69) is 10.3 Å². The molecular formula is C15H14ClN3O2. The van der Waals surface area contributed by atoms with Crippen molar-refractivity contribution < 1.29 is 9.59 Å². The first-order valence-electron chi connectivity index (χ1n) is 6.64. The first kappa shape index (κ1) is 14.0. The van der Waals surface area contributed by atoms with E-state index in [0.29, 0.717) is 11.6 Å². The summed E-state index contributed by atoms with van der Waals surface area (Å²) in [5.41, 5.74) is 1.76. The Bertz CT molecular complexity index is 732. The maximum Gasteiger partial charge on any atom is 0.246 e. The van der Waals surface area contributed by atoms with Crippen molar-refractivity contribution >= 4 is 34.3 Å². The lowest BCUT2D eigenvalue weighted by Gasteiger charge is -2.12. The van der Waals surface area contributed by atoms with Gasteiger partial charge in [-0.15, -0.1) is 0 Å². The monoisotopic (exact) mass is 303 g/mol. The number of rotatable bonds is 3. The van der Waals surface area contributed by atoms with Gasteiger partial charge in [-0.2, -0.15) is 0 Å². The summed E-state index contributed by atoms with van der Waals surface area (Å²) in [6.45, 7) is 0.461. The van der Waals surface area contributed by atoms with E-state index in [0.717, 1.165) is 21.4 Å². The van der Waals surface area contributed by atoms with E-state index in [1.54, 1.807) is 6.20 Å². The minimum atomic E-state index is -0.461. The fourth-order valence-corrected chi connectivity index (χ4v) is 2.70. The minimum absolute atomic E-state index is 0.156. The van der Waals surface area contributed by atoms with Crippen LogP contribution < -0.4 is 5.32 Å². The summed E-state index contributed by atoms with van der Waals surface area (Å²) in [6, 6.07) is 6.98. The molecule has 1 fully saturated rings. The smallest absolute Gasteiger partial charge is 0.246 e. The molecule has 1 aliphatic heterocycles. The van der Waals surface area contributed by atoms with E-state index in [-0.39, 0.29) is 18.2 Å². The summed E-state index contributed by atoms with van der Waals surface area (Å²) >= 11 is 6.15. The van der Waals surface area contributed by atoms with E-state index in [9.17, 15) is 9.59 Å². The quantitative estimate of drug-likeness (QED) is 0.877. The van der Waals surface area contributed by atoms with Crippen molar-refractivity contribution in [2.45, 2.75) is 19.0 Å². The molecule has 1 aromatic heterocycles. The van der Waals surface area contributed by atoms with E-state index in [4.69, 9.17) is 11.6 Å². The summed E-state index contributed by atoms with van der Waals surface area (Å²) in [6.07, 6.45) is 1.91. The second-order valence-electron chi connectivity index (χ2n) is 5.03. The number of pyridine rings is 1. The van der Waals surface area contributed by atoms with Crippen LogP contribution in [0.5, 0.6) is 0 Å². The van der Waals surface area contributed by atoms with E-state index in [1.807, 2.05) is 24.3 Å². The Morgan fingerprint density at radius 3 is 2.90 bits per heavy atom. The van der Waals surface area contributed by atoms with Crippen molar-refractivity contribution in [3.63, 3.8) is 0 Å². The van der Waals surface area contributed by atoms with Crippen LogP contribution >= 0.6 is 11.6 Å². The Morgan fingerprint density at radius 2 is 2.19 bits per heavy atom. The van der Waals surface area contributed by atoms with Crippen LogP contribution in [0.4, 0.5) is 0 Å². The Morgan fingerprint density at radius 1 is 1.38 bits per heavy atom. The van der Waals surface area contributed by atoms with Gasteiger partial charge < -0.3 is 5.32 Å². The molecular weight excluding hydrogens is 290 g/mol. The molecule has 2 heterocycles. The molecule has 1 aromatic carbocycles. The molecule has 0 radical (unpaired) electrons. The van der Waals surface area contributed by atoms with Crippen molar-refractivity contribution in [3.05, 3.63) is 41.0 Å². The molecule has 1 saturated heterocycles. The summed E-state index contributed by atoms with van der Waals surface area (Å²) < 4.78 is 0. The predicted octanol–water partition coefficient (Wildman–Crippen LogP) is 1.74. The van der Waals surface area contributed by atoms with Crippen molar-refractivity contribution in [2.75, 3.05) is 7.05 Å². The fourth-order valence-electron chi connectivity index (χ4n) is 2.49. The first-order valence-corrected chi connectivity index (χ1v) is 7.01. The molecule has 2 amide bonds.